The van der Waals surface area contributed by atoms with Gasteiger partial charge in [0.1, 0.15) is 0 Å². The fourth-order valence-electron chi connectivity index (χ4n) is 2.86. The van der Waals surface area contributed by atoms with Crippen LogP contribution >= 0.6 is 11.8 Å². The highest BCUT2D eigenvalue weighted by atomic mass is 32.2. The lowest BCUT2D eigenvalue weighted by Crippen LogP contribution is -2.05. The summed E-state index contributed by atoms with van der Waals surface area (Å²) < 4.78 is 1.99. The van der Waals surface area contributed by atoms with Gasteiger partial charge in [0.2, 0.25) is 0 Å². The maximum Gasteiger partial charge on any atom is 0.196 e. The highest BCUT2D eigenvalue weighted by Gasteiger charge is 2.18. The number of Topliss-reactive ketones (excluding diaryl/α,β-unsaturated/α-hetero) is 1. The predicted molar refractivity (Wildman–Crippen MR) is 110 cm³/mol. The standard InChI is InChI=1S/C21H19N5OS/c1-14-5-6-17(12-15(14)2)26-20(16-7-10-22-11-8-16)24-25-21(26)28-13-19(27)18-4-3-9-23-18/h3-12,23H,13H2,1-2H3. The first-order valence-corrected chi connectivity index (χ1v) is 9.85. The summed E-state index contributed by atoms with van der Waals surface area (Å²) in [4.78, 5) is 19.4. The summed E-state index contributed by atoms with van der Waals surface area (Å²) in [6, 6.07) is 13.6. The molecule has 0 saturated carbocycles. The van der Waals surface area contributed by atoms with E-state index in [0.29, 0.717) is 10.9 Å². The lowest BCUT2D eigenvalue weighted by atomic mass is 10.1. The highest BCUT2D eigenvalue weighted by Crippen LogP contribution is 2.29. The lowest BCUT2D eigenvalue weighted by molar-refractivity contribution is 0.101. The number of benzene rings is 1. The normalized spacial score (nSPS) is 10.9. The zero-order valence-corrected chi connectivity index (χ0v) is 16.4. The van der Waals surface area contributed by atoms with Gasteiger partial charge >= 0.3 is 0 Å². The molecule has 28 heavy (non-hydrogen) atoms. The Morgan fingerprint density at radius 1 is 1.07 bits per heavy atom. The first-order valence-electron chi connectivity index (χ1n) is 8.86. The Bertz CT molecular complexity index is 1100. The zero-order valence-electron chi connectivity index (χ0n) is 15.6. The number of pyridine rings is 1. The van der Waals surface area contributed by atoms with E-state index in [1.54, 1.807) is 24.7 Å². The van der Waals surface area contributed by atoms with Gasteiger partial charge in [-0.15, -0.1) is 10.2 Å². The monoisotopic (exact) mass is 389 g/mol. The molecule has 140 valence electrons. The van der Waals surface area contributed by atoms with Crippen LogP contribution in [0.1, 0.15) is 21.6 Å². The lowest BCUT2D eigenvalue weighted by Gasteiger charge is -2.12. The number of H-pyrrole nitrogens is 1. The van der Waals surface area contributed by atoms with Crippen LogP contribution in [0.15, 0.2) is 66.2 Å². The van der Waals surface area contributed by atoms with Crippen LogP contribution in [0.3, 0.4) is 0 Å². The van der Waals surface area contributed by atoms with E-state index in [2.05, 4.69) is 46.1 Å². The van der Waals surface area contributed by atoms with E-state index >= 15 is 0 Å². The Hall–Kier alpha value is -3.19. The van der Waals surface area contributed by atoms with Crippen molar-refractivity contribution in [3.8, 4) is 17.1 Å². The largest absolute Gasteiger partial charge is 0.359 e. The Morgan fingerprint density at radius 3 is 2.61 bits per heavy atom. The number of nitrogens with one attached hydrogen (secondary N) is 1. The molecule has 0 amide bonds. The number of aryl methyl sites for hydroxylation is 2. The van der Waals surface area contributed by atoms with Crippen molar-refractivity contribution in [3.05, 3.63) is 77.9 Å². The highest BCUT2D eigenvalue weighted by molar-refractivity contribution is 7.99. The number of rotatable bonds is 6. The zero-order chi connectivity index (χ0) is 19.5. The molecule has 0 bridgehead atoms. The van der Waals surface area contributed by atoms with E-state index in [1.807, 2.05) is 28.8 Å². The van der Waals surface area contributed by atoms with Gasteiger partial charge in [0.05, 0.1) is 17.1 Å². The summed E-state index contributed by atoms with van der Waals surface area (Å²) in [6.07, 6.45) is 5.21. The van der Waals surface area contributed by atoms with E-state index in [1.165, 1.54) is 22.9 Å². The van der Waals surface area contributed by atoms with Crippen LogP contribution in [0.5, 0.6) is 0 Å². The van der Waals surface area contributed by atoms with Gasteiger partial charge < -0.3 is 4.98 Å². The molecule has 0 spiro atoms. The average Bonchev–Trinajstić information content (AvgIpc) is 3.39. The van der Waals surface area contributed by atoms with Crippen molar-refractivity contribution in [2.45, 2.75) is 19.0 Å². The van der Waals surface area contributed by atoms with Crippen molar-refractivity contribution < 1.29 is 4.79 Å². The molecule has 0 aliphatic carbocycles. The molecule has 1 N–H and O–H groups in total. The molecule has 0 fully saturated rings. The van der Waals surface area contributed by atoms with Crippen molar-refractivity contribution in [1.82, 2.24) is 24.7 Å². The summed E-state index contributed by atoms with van der Waals surface area (Å²) in [5.74, 6) is 1.02. The number of aromatic amines is 1. The molecule has 6 nitrogen and oxygen atoms in total. The maximum absolute atomic E-state index is 12.4. The fraction of sp³-hybridized carbons (Fsp3) is 0.143. The third-order valence-corrected chi connectivity index (χ3v) is 5.48. The van der Waals surface area contributed by atoms with Crippen molar-refractivity contribution in [2.75, 3.05) is 5.75 Å². The summed E-state index contributed by atoms with van der Waals surface area (Å²) in [5.41, 5.74) is 4.89. The summed E-state index contributed by atoms with van der Waals surface area (Å²) in [5, 5.41) is 9.44. The molecule has 0 saturated heterocycles. The van der Waals surface area contributed by atoms with Gasteiger partial charge in [-0.3, -0.25) is 14.3 Å². The molecule has 0 unspecified atom stereocenters. The Balaban J connectivity index is 1.73. The van der Waals surface area contributed by atoms with Crippen molar-refractivity contribution in [2.24, 2.45) is 0 Å². The van der Waals surface area contributed by atoms with Gasteiger partial charge in [-0.25, -0.2) is 0 Å². The predicted octanol–water partition coefficient (Wildman–Crippen LogP) is 4.25. The number of ketones is 1. The number of hydrogen-bond donors (Lipinski definition) is 1. The van der Waals surface area contributed by atoms with Gasteiger partial charge in [0.15, 0.2) is 16.8 Å². The van der Waals surface area contributed by atoms with E-state index in [4.69, 9.17) is 0 Å². The molecule has 7 heteroatoms. The Morgan fingerprint density at radius 2 is 1.89 bits per heavy atom. The molecule has 3 heterocycles. The first-order chi connectivity index (χ1) is 13.6. The van der Waals surface area contributed by atoms with Crippen LogP contribution in [0.25, 0.3) is 17.1 Å². The van der Waals surface area contributed by atoms with Crippen LogP contribution in [0, 0.1) is 13.8 Å². The number of aromatic nitrogens is 5. The number of nitrogens with zero attached hydrogens (tertiary/aromatic N) is 4. The quantitative estimate of drug-likeness (QED) is 0.394. The SMILES string of the molecule is Cc1ccc(-n2c(SCC(=O)c3ccc[nH]3)nnc2-c2ccncc2)cc1C. The molecule has 3 aromatic heterocycles. The van der Waals surface area contributed by atoms with E-state index < -0.39 is 0 Å². The van der Waals surface area contributed by atoms with E-state index in [9.17, 15) is 4.79 Å². The summed E-state index contributed by atoms with van der Waals surface area (Å²) >= 11 is 1.38. The average molecular weight is 389 g/mol. The van der Waals surface area contributed by atoms with Gasteiger partial charge in [0.25, 0.3) is 0 Å². The minimum atomic E-state index is 0.0232. The van der Waals surface area contributed by atoms with Crippen molar-refractivity contribution in [3.63, 3.8) is 0 Å². The Kier molecular flexibility index (Phi) is 5.08. The minimum Gasteiger partial charge on any atom is -0.359 e. The fourth-order valence-corrected chi connectivity index (χ4v) is 3.70. The van der Waals surface area contributed by atoms with E-state index in [0.717, 1.165) is 17.1 Å². The second-order valence-electron chi connectivity index (χ2n) is 6.44. The second kappa shape index (κ2) is 7.82. The van der Waals surface area contributed by atoms with Gasteiger partial charge in [-0.05, 0) is 61.4 Å². The first kappa shape index (κ1) is 18.2. The number of carbonyl (C=O) groups is 1. The molecule has 0 aliphatic heterocycles. The van der Waals surface area contributed by atoms with Crippen LogP contribution < -0.4 is 0 Å². The molecule has 1 aromatic carbocycles. The minimum absolute atomic E-state index is 0.0232. The van der Waals surface area contributed by atoms with Crippen molar-refractivity contribution >= 4 is 17.5 Å². The molecule has 0 aliphatic rings. The number of carbonyl (C=O) groups excluding carboxylic acids is 1. The summed E-state index contributed by atoms with van der Waals surface area (Å²) in [7, 11) is 0. The van der Waals surface area contributed by atoms with Crippen LogP contribution in [0.2, 0.25) is 0 Å². The summed E-state index contributed by atoms with van der Waals surface area (Å²) in [6.45, 7) is 4.16. The van der Waals surface area contributed by atoms with E-state index in [-0.39, 0.29) is 11.5 Å². The molecule has 4 aromatic rings. The van der Waals surface area contributed by atoms with Gasteiger partial charge in [0, 0.05) is 24.2 Å². The Labute approximate surface area is 167 Å². The second-order valence-corrected chi connectivity index (χ2v) is 7.38. The van der Waals surface area contributed by atoms with Gasteiger partial charge in [-0.1, -0.05) is 17.8 Å². The third-order valence-electron chi connectivity index (χ3n) is 4.55. The number of hydrogen-bond acceptors (Lipinski definition) is 5. The van der Waals surface area contributed by atoms with Crippen LogP contribution in [0.4, 0.5) is 0 Å². The topological polar surface area (TPSA) is 76.5 Å². The molecule has 0 radical (unpaired) electrons. The molecular formula is C21H19N5OS. The van der Waals surface area contributed by atoms with Crippen molar-refractivity contribution in [1.29, 1.82) is 0 Å². The molecular weight excluding hydrogens is 370 g/mol. The van der Waals surface area contributed by atoms with Crippen LogP contribution in [-0.2, 0) is 0 Å². The van der Waals surface area contributed by atoms with Gasteiger partial charge in [-0.2, -0.15) is 0 Å². The molecule has 4 rings (SSSR count). The number of thioether (sulfide) groups is 1. The smallest absolute Gasteiger partial charge is 0.196 e. The third kappa shape index (κ3) is 3.61. The maximum atomic E-state index is 12.4. The van der Waals surface area contributed by atoms with Crippen LogP contribution in [-0.4, -0.2) is 36.3 Å². The molecule has 0 atom stereocenters.